The number of imidazole rings is 1. The Labute approximate surface area is 109 Å². The monoisotopic (exact) mass is 261 g/mol. The number of hydrogen-bond acceptors (Lipinski definition) is 4. The second kappa shape index (κ2) is 4.72. The molecule has 2 aromatic heterocycles. The van der Waals surface area contributed by atoms with Gasteiger partial charge in [-0.1, -0.05) is 6.92 Å². The van der Waals surface area contributed by atoms with Crippen LogP contribution in [0.5, 0.6) is 0 Å². The molecule has 100 valence electrons. The molecule has 2 aromatic rings. The molecule has 0 radical (unpaired) electrons. The number of aryl methyl sites for hydroxylation is 2. The van der Waals surface area contributed by atoms with Crippen LogP contribution in [-0.2, 0) is 27.1 Å². The van der Waals surface area contributed by atoms with Gasteiger partial charge in [0.15, 0.2) is 11.2 Å². The molecule has 0 spiro atoms. The Hall–Kier alpha value is -2.36. The first-order chi connectivity index (χ1) is 9.02. The van der Waals surface area contributed by atoms with Gasteiger partial charge in [0.25, 0.3) is 5.56 Å². The summed E-state index contributed by atoms with van der Waals surface area (Å²) in [5, 5.41) is 8.90. The van der Waals surface area contributed by atoms with Gasteiger partial charge < -0.3 is 4.57 Å². The molecule has 0 atom stereocenters. The van der Waals surface area contributed by atoms with E-state index in [1.165, 1.54) is 11.6 Å². The zero-order valence-corrected chi connectivity index (χ0v) is 11.2. The molecule has 0 amide bonds. The van der Waals surface area contributed by atoms with Gasteiger partial charge in [-0.25, -0.2) is 9.78 Å². The van der Waals surface area contributed by atoms with Crippen molar-refractivity contribution in [2.75, 3.05) is 0 Å². The fraction of sp³-hybridized carbons (Fsp3) is 0.500. The maximum Gasteiger partial charge on any atom is 0.332 e. The second-order valence-corrected chi connectivity index (χ2v) is 4.40. The zero-order chi connectivity index (χ0) is 14.2. The van der Waals surface area contributed by atoms with Gasteiger partial charge in [-0.05, 0) is 6.42 Å². The van der Waals surface area contributed by atoms with Crippen molar-refractivity contribution in [1.82, 2.24) is 18.7 Å². The number of hydrogen-bond donors (Lipinski definition) is 0. The summed E-state index contributed by atoms with van der Waals surface area (Å²) in [7, 11) is 3.00. The van der Waals surface area contributed by atoms with Crippen molar-refractivity contribution in [3.63, 3.8) is 0 Å². The van der Waals surface area contributed by atoms with E-state index in [1.807, 2.05) is 13.0 Å². The van der Waals surface area contributed by atoms with Crippen molar-refractivity contribution in [2.24, 2.45) is 14.1 Å². The van der Waals surface area contributed by atoms with Crippen LogP contribution in [0.4, 0.5) is 0 Å². The third kappa shape index (κ3) is 1.85. The molecule has 2 rings (SSSR count). The lowest BCUT2D eigenvalue weighted by Gasteiger charge is -2.05. The first-order valence-electron chi connectivity index (χ1n) is 6.05. The van der Waals surface area contributed by atoms with Gasteiger partial charge in [-0.15, -0.1) is 0 Å². The Morgan fingerprint density at radius 2 is 1.95 bits per heavy atom. The zero-order valence-electron chi connectivity index (χ0n) is 11.2. The summed E-state index contributed by atoms with van der Waals surface area (Å²) in [6.07, 6.45) is 1.51. The SMILES string of the molecule is CCCc1nc2c(c(=O)n(C)c(=O)n2C)n1CC#N. The molecule has 0 fully saturated rings. The molecule has 0 unspecified atom stereocenters. The van der Waals surface area contributed by atoms with E-state index in [9.17, 15) is 9.59 Å². The second-order valence-electron chi connectivity index (χ2n) is 4.40. The summed E-state index contributed by atoms with van der Waals surface area (Å²) < 4.78 is 3.97. The Morgan fingerprint density at radius 1 is 1.26 bits per heavy atom. The van der Waals surface area contributed by atoms with Crippen LogP contribution < -0.4 is 11.2 Å². The predicted molar refractivity (Wildman–Crippen MR) is 69.8 cm³/mol. The molecule has 7 heteroatoms. The molecule has 0 N–H and O–H groups in total. The highest BCUT2D eigenvalue weighted by molar-refractivity contribution is 5.71. The van der Waals surface area contributed by atoms with Crippen molar-refractivity contribution < 1.29 is 0 Å². The summed E-state index contributed by atoms with van der Waals surface area (Å²) in [6.45, 7) is 2.05. The minimum Gasteiger partial charge on any atom is -0.308 e. The fourth-order valence-corrected chi connectivity index (χ4v) is 2.15. The van der Waals surface area contributed by atoms with Crippen molar-refractivity contribution in [1.29, 1.82) is 5.26 Å². The summed E-state index contributed by atoms with van der Waals surface area (Å²) in [5.41, 5.74) is -0.174. The normalized spacial score (nSPS) is 10.8. The van der Waals surface area contributed by atoms with Crippen LogP contribution in [0.1, 0.15) is 19.2 Å². The molecular formula is C12H15N5O2. The van der Waals surface area contributed by atoms with E-state index in [-0.39, 0.29) is 6.54 Å². The number of nitriles is 1. The molecule has 0 aliphatic carbocycles. The first-order valence-corrected chi connectivity index (χ1v) is 6.05. The first kappa shape index (κ1) is 13.1. The van der Waals surface area contributed by atoms with Gasteiger partial charge in [0.05, 0.1) is 6.07 Å². The molecule has 0 saturated heterocycles. The van der Waals surface area contributed by atoms with E-state index in [0.29, 0.717) is 23.4 Å². The molecule has 0 aliphatic heterocycles. The van der Waals surface area contributed by atoms with Gasteiger partial charge in [-0.2, -0.15) is 5.26 Å². The molecule has 7 nitrogen and oxygen atoms in total. The van der Waals surface area contributed by atoms with Crippen molar-refractivity contribution in [2.45, 2.75) is 26.3 Å². The van der Waals surface area contributed by atoms with Gasteiger partial charge in [0.2, 0.25) is 0 Å². The number of fused-ring (bicyclic) bond motifs is 1. The van der Waals surface area contributed by atoms with E-state index in [2.05, 4.69) is 4.98 Å². The molecule has 0 aromatic carbocycles. The van der Waals surface area contributed by atoms with Crippen LogP contribution in [0.25, 0.3) is 11.2 Å². The standard InChI is InChI=1S/C12H15N5O2/c1-4-5-8-14-10-9(17(8)7-6-13)11(18)16(3)12(19)15(10)2/h4-5,7H2,1-3H3. The molecule has 0 aliphatic rings. The quantitative estimate of drug-likeness (QED) is 0.772. The summed E-state index contributed by atoms with van der Waals surface area (Å²) >= 11 is 0. The Bertz CT molecular complexity index is 788. The Kier molecular flexibility index (Phi) is 3.25. The lowest BCUT2D eigenvalue weighted by atomic mass is 10.3. The van der Waals surface area contributed by atoms with Crippen LogP contribution in [0, 0.1) is 11.3 Å². The lowest BCUT2D eigenvalue weighted by Crippen LogP contribution is -2.37. The van der Waals surface area contributed by atoms with Crippen LogP contribution in [0.3, 0.4) is 0 Å². The van der Waals surface area contributed by atoms with Crippen LogP contribution in [-0.4, -0.2) is 18.7 Å². The molecule has 2 heterocycles. The van der Waals surface area contributed by atoms with E-state index in [4.69, 9.17) is 5.26 Å². The minimum absolute atomic E-state index is 0.0548. The maximum absolute atomic E-state index is 12.2. The van der Waals surface area contributed by atoms with Crippen molar-refractivity contribution in [3.05, 3.63) is 26.7 Å². The average Bonchev–Trinajstić information content (AvgIpc) is 2.74. The number of rotatable bonds is 3. The molecule has 0 bridgehead atoms. The van der Waals surface area contributed by atoms with Gasteiger partial charge in [0, 0.05) is 20.5 Å². The summed E-state index contributed by atoms with van der Waals surface area (Å²) in [5.74, 6) is 0.664. The van der Waals surface area contributed by atoms with E-state index < -0.39 is 11.2 Å². The lowest BCUT2D eigenvalue weighted by molar-refractivity contribution is 0.701. The summed E-state index contributed by atoms with van der Waals surface area (Å²) in [4.78, 5) is 28.4. The van der Waals surface area contributed by atoms with Crippen LogP contribution in [0.15, 0.2) is 9.59 Å². The molecule has 19 heavy (non-hydrogen) atoms. The van der Waals surface area contributed by atoms with Crippen LogP contribution >= 0.6 is 0 Å². The third-order valence-corrected chi connectivity index (χ3v) is 3.13. The van der Waals surface area contributed by atoms with E-state index in [0.717, 1.165) is 11.0 Å². The minimum atomic E-state index is -0.415. The van der Waals surface area contributed by atoms with E-state index in [1.54, 1.807) is 11.6 Å². The third-order valence-electron chi connectivity index (χ3n) is 3.13. The number of aromatic nitrogens is 4. The highest BCUT2D eigenvalue weighted by Gasteiger charge is 2.18. The Morgan fingerprint density at radius 3 is 2.53 bits per heavy atom. The topological polar surface area (TPSA) is 85.6 Å². The van der Waals surface area contributed by atoms with Gasteiger partial charge in [0.1, 0.15) is 12.4 Å². The van der Waals surface area contributed by atoms with E-state index >= 15 is 0 Å². The largest absolute Gasteiger partial charge is 0.332 e. The predicted octanol–water partition coefficient (Wildman–Crippen LogP) is -0.0902. The Balaban J connectivity index is 2.97. The summed E-state index contributed by atoms with van der Waals surface area (Å²) in [6, 6.07) is 2.03. The highest BCUT2D eigenvalue weighted by Crippen LogP contribution is 2.12. The van der Waals surface area contributed by atoms with Crippen molar-refractivity contribution in [3.8, 4) is 6.07 Å². The fourth-order valence-electron chi connectivity index (χ4n) is 2.15. The smallest absolute Gasteiger partial charge is 0.308 e. The van der Waals surface area contributed by atoms with Crippen molar-refractivity contribution >= 4 is 11.2 Å². The molecule has 0 saturated carbocycles. The van der Waals surface area contributed by atoms with Gasteiger partial charge >= 0.3 is 5.69 Å². The molecular weight excluding hydrogens is 246 g/mol. The number of nitrogens with zero attached hydrogens (tertiary/aromatic N) is 5. The highest BCUT2D eigenvalue weighted by atomic mass is 16.2. The van der Waals surface area contributed by atoms with Gasteiger partial charge in [-0.3, -0.25) is 13.9 Å². The maximum atomic E-state index is 12.2. The van der Waals surface area contributed by atoms with Crippen LogP contribution in [0.2, 0.25) is 0 Å². The average molecular weight is 261 g/mol.